The number of amides is 1. The van der Waals surface area contributed by atoms with E-state index in [0.717, 1.165) is 0 Å². The minimum atomic E-state index is -1.34. The Morgan fingerprint density at radius 3 is 2.44 bits per heavy atom. The molecule has 2 N–H and O–H groups in total. The number of hydrogen-bond donors (Lipinski definition) is 2. The van der Waals surface area contributed by atoms with Crippen molar-refractivity contribution < 1.29 is 14.7 Å². The van der Waals surface area contributed by atoms with E-state index in [9.17, 15) is 14.4 Å². The lowest BCUT2D eigenvalue weighted by Gasteiger charge is -2.33. The third-order valence-electron chi connectivity index (χ3n) is 2.66. The molecule has 0 aliphatic carbocycles. The van der Waals surface area contributed by atoms with Crippen molar-refractivity contribution in [3.63, 3.8) is 0 Å². The highest BCUT2D eigenvalue weighted by atomic mass is 16.4. The van der Waals surface area contributed by atoms with Gasteiger partial charge in [-0.2, -0.15) is 5.10 Å². The van der Waals surface area contributed by atoms with Gasteiger partial charge in [-0.15, -0.1) is 0 Å². The van der Waals surface area contributed by atoms with Crippen LogP contribution in [0.3, 0.4) is 0 Å². The summed E-state index contributed by atoms with van der Waals surface area (Å²) in [5.74, 6) is -1.65. The zero-order valence-corrected chi connectivity index (χ0v) is 10.4. The first-order chi connectivity index (χ1) is 8.30. The van der Waals surface area contributed by atoms with E-state index in [4.69, 9.17) is 5.11 Å². The topological polar surface area (TPSA) is 103 Å². The summed E-state index contributed by atoms with van der Waals surface area (Å²) in [6, 6.07) is 2.43. The molecule has 1 rings (SSSR count). The Labute approximate surface area is 103 Å². The second kappa shape index (κ2) is 4.99. The van der Waals surface area contributed by atoms with Crippen LogP contribution in [0.5, 0.6) is 0 Å². The van der Waals surface area contributed by atoms with Gasteiger partial charge in [0, 0.05) is 12.6 Å². The number of hydrogen-bond acceptors (Lipinski definition) is 4. The molecule has 98 valence electrons. The monoisotopic (exact) mass is 253 g/mol. The van der Waals surface area contributed by atoms with Gasteiger partial charge in [0.05, 0.1) is 0 Å². The second-order valence-electron chi connectivity index (χ2n) is 4.22. The summed E-state index contributed by atoms with van der Waals surface area (Å²) in [5, 5.41) is 14.8. The number of H-pyrrole nitrogens is 1. The third-order valence-corrected chi connectivity index (χ3v) is 2.66. The molecular formula is C11H15N3O4. The van der Waals surface area contributed by atoms with Crippen LogP contribution in [-0.4, -0.2) is 44.2 Å². The normalized spacial score (nSPS) is 11.1. The number of carboxylic acids is 1. The van der Waals surface area contributed by atoms with Crippen molar-refractivity contribution >= 4 is 11.9 Å². The molecule has 0 radical (unpaired) electrons. The highest BCUT2D eigenvalue weighted by Gasteiger charge is 2.37. The highest BCUT2D eigenvalue weighted by Crippen LogP contribution is 2.16. The molecule has 7 heteroatoms. The summed E-state index contributed by atoms with van der Waals surface area (Å²) in [6.07, 6.45) is 0. The van der Waals surface area contributed by atoms with Crippen LogP contribution in [0.4, 0.5) is 0 Å². The van der Waals surface area contributed by atoms with E-state index >= 15 is 0 Å². The number of carboxylic acid groups (broad SMARTS) is 1. The van der Waals surface area contributed by atoms with Gasteiger partial charge in [-0.05, 0) is 26.8 Å². The van der Waals surface area contributed by atoms with Crippen molar-refractivity contribution in [1.82, 2.24) is 15.1 Å². The maximum absolute atomic E-state index is 12.1. The molecule has 0 saturated heterocycles. The van der Waals surface area contributed by atoms with Gasteiger partial charge in [-0.3, -0.25) is 9.59 Å². The van der Waals surface area contributed by atoms with Crippen molar-refractivity contribution in [3.05, 3.63) is 28.2 Å². The summed E-state index contributed by atoms with van der Waals surface area (Å²) in [7, 11) is 0. The zero-order valence-electron chi connectivity index (χ0n) is 10.4. The number of nitrogens with zero attached hydrogens (tertiary/aromatic N) is 2. The SMILES string of the molecule is CCN(C(=O)c1ccc(=O)[nH]n1)C(C)(C)C(=O)O. The number of aromatic nitrogens is 2. The molecule has 0 fully saturated rings. The minimum absolute atomic E-state index is 0.00535. The number of rotatable bonds is 4. The number of carbonyl (C=O) groups excluding carboxylic acids is 1. The van der Waals surface area contributed by atoms with Gasteiger partial charge in [-0.25, -0.2) is 9.89 Å². The molecule has 0 aliphatic heterocycles. The quantitative estimate of drug-likeness (QED) is 0.791. The molecular weight excluding hydrogens is 238 g/mol. The van der Waals surface area contributed by atoms with Crippen LogP contribution in [-0.2, 0) is 4.79 Å². The largest absolute Gasteiger partial charge is 0.480 e. The van der Waals surface area contributed by atoms with E-state index in [2.05, 4.69) is 10.2 Å². The standard InChI is InChI=1S/C11H15N3O4/c1-4-14(11(2,3)10(17)18)9(16)7-5-6-8(15)13-12-7/h5-6H,4H2,1-3H3,(H,13,15)(H,17,18). The first-order valence-corrected chi connectivity index (χ1v) is 5.41. The first-order valence-electron chi connectivity index (χ1n) is 5.41. The van der Waals surface area contributed by atoms with E-state index in [1.807, 2.05) is 0 Å². The van der Waals surface area contributed by atoms with E-state index in [-0.39, 0.29) is 12.2 Å². The highest BCUT2D eigenvalue weighted by molar-refractivity contribution is 5.96. The second-order valence-corrected chi connectivity index (χ2v) is 4.22. The van der Waals surface area contributed by atoms with E-state index < -0.39 is 23.0 Å². The lowest BCUT2D eigenvalue weighted by molar-refractivity contribution is -0.147. The predicted octanol–water partition coefficient (Wildman–Crippen LogP) is 0.0952. The molecule has 1 amide bonds. The van der Waals surface area contributed by atoms with Gasteiger partial charge in [0.1, 0.15) is 11.2 Å². The summed E-state index contributed by atoms with van der Waals surface area (Å²) in [5.41, 5.74) is -1.76. The fraction of sp³-hybridized carbons (Fsp3) is 0.455. The lowest BCUT2D eigenvalue weighted by Crippen LogP contribution is -2.53. The molecule has 0 aromatic carbocycles. The molecule has 0 bridgehead atoms. The maximum Gasteiger partial charge on any atom is 0.329 e. The molecule has 0 spiro atoms. The van der Waals surface area contributed by atoms with Gasteiger partial charge in [-0.1, -0.05) is 0 Å². The van der Waals surface area contributed by atoms with Crippen molar-refractivity contribution in [1.29, 1.82) is 0 Å². The molecule has 0 aliphatic rings. The molecule has 0 atom stereocenters. The lowest BCUT2D eigenvalue weighted by atomic mass is 10.0. The number of likely N-dealkylation sites (N-methyl/N-ethyl adjacent to an activating group) is 1. The van der Waals surface area contributed by atoms with Gasteiger partial charge >= 0.3 is 5.97 Å². The summed E-state index contributed by atoms with van der Waals surface area (Å²) < 4.78 is 0. The van der Waals surface area contributed by atoms with Crippen LogP contribution in [0.25, 0.3) is 0 Å². The third kappa shape index (κ3) is 2.55. The number of aliphatic carboxylic acids is 1. The van der Waals surface area contributed by atoms with Crippen molar-refractivity contribution in [2.45, 2.75) is 26.3 Å². The molecule has 1 aromatic rings. The summed E-state index contributed by atoms with van der Waals surface area (Å²) >= 11 is 0. The summed E-state index contributed by atoms with van der Waals surface area (Å²) in [4.78, 5) is 35.3. The first kappa shape index (κ1) is 13.9. The van der Waals surface area contributed by atoms with Crippen molar-refractivity contribution in [3.8, 4) is 0 Å². The van der Waals surface area contributed by atoms with Gasteiger partial charge in [0.15, 0.2) is 0 Å². The Kier molecular flexibility index (Phi) is 3.85. The Morgan fingerprint density at radius 2 is 2.06 bits per heavy atom. The van der Waals surface area contributed by atoms with E-state index in [1.165, 1.54) is 30.9 Å². The van der Waals surface area contributed by atoms with Crippen LogP contribution >= 0.6 is 0 Å². The molecule has 0 unspecified atom stereocenters. The maximum atomic E-state index is 12.1. The van der Waals surface area contributed by atoms with Crippen LogP contribution in [0.2, 0.25) is 0 Å². The fourth-order valence-electron chi connectivity index (χ4n) is 1.51. The van der Waals surface area contributed by atoms with Crippen LogP contribution < -0.4 is 5.56 Å². The molecule has 1 aromatic heterocycles. The zero-order chi connectivity index (χ0) is 13.9. The molecule has 7 nitrogen and oxygen atoms in total. The van der Waals surface area contributed by atoms with Crippen molar-refractivity contribution in [2.75, 3.05) is 6.54 Å². The van der Waals surface area contributed by atoms with E-state index in [0.29, 0.717) is 0 Å². The smallest absolute Gasteiger partial charge is 0.329 e. The fourth-order valence-corrected chi connectivity index (χ4v) is 1.51. The van der Waals surface area contributed by atoms with Gasteiger partial charge in [0.25, 0.3) is 11.5 Å². The molecule has 1 heterocycles. The molecule has 18 heavy (non-hydrogen) atoms. The van der Waals surface area contributed by atoms with Gasteiger partial charge < -0.3 is 10.0 Å². The molecule has 0 saturated carbocycles. The number of aromatic amines is 1. The average Bonchev–Trinajstić information content (AvgIpc) is 2.30. The number of nitrogens with one attached hydrogen (secondary N) is 1. The van der Waals surface area contributed by atoms with Crippen LogP contribution in [0, 0.1) is 0 Å². The minimum Gasteiger partial charge on any atom is -0.480 e. The predicted molar refractivity (Wildman–Crippen MR) is 63.3 cm³/mol. The summed E-state index contributed by atoms with van der Waals surface area (Å²) in [6.45, 7) is 4.76. The van der Waals surface area contributed by atoms with Crippen LogP contribution in [0.1, 0.15) is 31.3 Å². The average molecular weight is 253 g/mol. The van der Waals surface area contributed by atoms with Crippen molar-refractivity contribution in [2.24, 2.45) is 0 Å². The number of carbonyl (C=O) groups is 2. The Bertz CT molecular complexity index is 501. The van der Waals surface area contributed by atoms with E-state index in [1.54, 1.807) is 6.92 Å². The van der Waals surface area contributed by atoms with Gasteiger partial charge in [0.2, 0.25) is 0 Å². The Morgan fingerprint density at radius 1 is 1.44 bits per heavy atom. The Hall–Kier alpha value is -2.18. The van der Waals surface area contributed by atoms with Crippen LogP contribution in [0.15, 0.2) is 16.9 Å². The Balaban J connectivity index is 3.10.